The maximum absolute atomic E-state index is 13.2. The van der Waals surface area contributed by atoms with Crippen molar-refractivity contribution in [1.29, 1.82) is 0 Å². The SMILES string of the molecule is CN1CCCN(C(=O)CN2Cc3ccc(-c4nc(NC5CCOCC5)ncc4Cl)cc3C2=O)CC1. The largest absolute Gasteiger partial charge is 0.381 e. The molecule has 9 nitrogen and oxygen atoms in total. The normalized spacial score (nSPS) is 19.5. The summed E-state index contributed by atoms with van der Waals surface area (Å²) in [5.41, 5.74) is 2.84. The molecule has 3 aliphatic rings. The van der Waals surface area contributed by atoms with E-state index < -0.39 is 0 Å². The summed E-state index contributed by atoms with van der Waals surface area (Å²) in [7, 11) is 2.07. The summed E-state index contributed by atoms with van der Waals surface area (Å²) < 4.78 is 5.42. The predicted octanol–water partition coefficient (Wildman–Crippen LogP) is 2.51. The highest BCUT2D eigenvalue weighted by Crippen LogP contribution is 2.31. The van der Waals surface area contributed by atoms with Crippen molar-refractivity contribution in [3.8, 4) is 11.3 Å². The third kappa shape index (κ3) is 5.42. The number of anilines is 1. The summed E-state index contributed by atoms with van der Waals surface area (Å²) in [6.45, 7) is 5.25. The minimum Gasteiger partial charge on any atom is -0.381 e. The van der Waals surface area contributed by atoms with Gasteiger partial charge in [-0.2, -0.15) is 0 Å². The Balaban J connectivity index is 1.29. The van der Waals surface area contributed by atoms with E-state index in [1.807, 2.05) is 23.1 Å². The fourth-order valence-corrected chi connectivity index (χ4v) is 5.06. The highest BCUT2D eigenvalue weighted by Gasteiger charge is 2.31. The Bertz CT molecular complexity index is 1110. The fourth-order valence-electron chi connectivity index (χ4n) is 4.86. The summed E-state index contributed by atoms with van der Waals surface area (Å²) in [6.07, 6.45) is 4.34. The Kier molecular flexibility index (Phi) is 7.17. The molecular formula is C25H31ClN6O3. The summed E-state index contributed by atoms with van der Waals surface area (Å²) in [6, 6.07) is 5.94. The first-order chi connectivity index (χ1) is 17.0. The zero-order valence-corrected chi connectivity index (χ0v) is 20.8. The van der Waals surface area contributed by atoms with Gasteiger partial charge < -0.3 is 24.8 Å². The number of benzene rings is 1. The molecule has 1 aromatic carbocycles. The molecule has 0 saturated carbocycles. The van der Waals surface area contributed by atoms with Crippen LogP contribution in [-0.4, -0.2) is 95.5 Å². The van der Waals surface area contributed by atoms with Crippen LogP contribution in [0.1, 0.15) is 35.2 Å². The zero-order valence-electron chi connectivity index (χ0n) is 20.0. The van der Waals surface area contributed by atoms with Crippen molar-refractivity contribution in [2.45, 2.75) is 31.8 Å². The molecule has 2 aromatic rings. The monoisotopic (exact) mass is 498 g/mol. The molecule has 4 heterocycles. The third-order valence-corrected chi connectivity index (χ3v) is 7.24. The van der Waals surface area contributed by atoms with Crippen molar-refractivity contribution in [1.82, 2.24) is 24.7 Å². The van der Waals surface area contributed by atoms with Crippen molar-refractivity contribution in [3.63, 3.8) is 0 Å². The van der Waals surface area contributed by atoms with Crippen molar-refractivity contribution in [2.75, 3.05) is 58.3 Å². The van der Waals surface area contributed by atoms with Gasteiger partial charge in [-0.3, -0.25) is 9.59 Å². The van der Waals surface area contributed by atoms with Gasteiger partial charge in [-0.1, -0.05) is 23.7 Å². The van der Waals surface area contributed by atoms with Gasteiger partial charge in [0.15, 0.2) is 0 Å². The maximum Gasteiger partial charge on any atom is 0.254 e. The number of rotatable bonds is 5. The number of fused-ring (bicyclic) bond motifs is 1. The molecule has 35 heavy (non-hydrogen) atoms. The molecule has 10 heteroatoms. The van der Waals surface area contributed by atoms with E-state index in [-0.39, 0.29) is 24.4 Å². The number of ether oxygens (including phenoxy) is 1. The number of nitrogens with one attached hydrogen (secondary N) is 1. The second kappa shape index (κ2) is 10.5. The van der Waals surface area contributed by atoms with E-state index in [9.17, 15) is 9.59 Å². The molecule has 186 valence electrons. The van der Waals surface area contributed by atoms with Crippen molar-refractivity contribution in [2.24, 2.45) is 0 Å². The molecule has 0 spiro atoms. The number of hydrogen-bond donors (Lipinski definition) is 1. The number of carbonyl (C=O) groups is 2. The highest BCUT2D eigenvalue weighted by molar-refractivity contribution is 6.33. The minimum absolute atomic E-state index is 0.00403. The standard InChI is InChI=1S/C25H31ClN6O3/c1-30-7-2-8-31(10-9-30)22(33)16-32-15-18-4-3-17(13-20(18)24(32)34)23-21(26)14-27-25(29-23)28-19-5-11-35-12-6-19/h3-4,13-14,19H,2,5-12,15-16H2,1H3,(H,27,28,29). The summed E-state index contributed by atoms with van der Waals surface area (Å²) in [4.78, 5) is 40.8. The molecule has 2 fully saturated rings. The van der Waals surface area contributed by atoms with Crippen LogP contribution in [0.4, 0.5) is 5.95 Å². The van der Waals surface area contributed by atoms with Gasteiger partial charge in [-0.05, 0) is 44.5 Å². The molecule has 0 unspecified atom stereocenters. The van der Waals surface area contributed by atoms with E-state index in [0.29, 0.717) is 35.3 Å². The Morgan fingerprint density at radius 1 is 1.20 bits per heavy atom. The maximum atomic E-state index is 13.2. The average Bonchev–Trinajstić information content (AvgIpc) is 3.01. The molecule has 1 aromatic heterocycles. The first-order valence-electron chi connectivity index (χ1n) is 12.2. The zero-order chi connectivity index (χ0) is 24.4. The van der Waals surface area contributed by atoms with E-state index in [4.69, 9.17) is 16.3 Å². The molecule has 2 saturated heterocycles. The second-order valence-electron chi connectivity index (χ2n) is 9.49. The van der Waals surface area contributed by atoms with Crippen LogP contribution in [0.2, 0.25) is 5.02 Å². The van der Waals surface area contributed by atoms with Gasteiger partial charge in [0.2, 0.25) is 11.9 Å². The van der Waals surface area contributed by atoms with E-state index in [2.05, 4.69) is 27.2 Å². The van der Waals surface area contributed by atoms with Crippen molar-refractivity contribution < 1.29 is 14.3 Å². The van der Waals surface area contributed by atoms with Crippen LogP contribution in [0.25, 0.3) is 11.3 Å². The van der Waals surface area contributed by atoms with E-state index >= 15 is 0 Å². The number of halogens is 1. The van der Waals surface area contributed by atoms with Crippen LogP contribution in [-0.2, 0) is 16.1 Å². The van der Waals surface area contributed by atoms with Crippen LogP contribution in [0.3, 0.4) is 0 Å². The third-order valence-electron chi connectivity index (χ3n) is 6.96. The van der Waals surface area contributed by atoms with Gasteiger partial charge >= 0.3 is 0 Å². The van der Waals surface area contributed by atoms with E-state index in [1.54, 1.807) is 11.1 Å². The minimum atomic E-state index is -0.132. The van der Waals surface area contributed by atoms with E-state index in [0.717, 1.165) is 63.2 Å². The van der Waals surface area contributed by atoms with Gasteiger partial charge in [0.05, 0.1) is 16.9 Å². The number of amides is 2. The van der Waals surface area contributed by atoms with Gasteiger partial charge in [0, 0.05) is 56.6 Å². The molecular weight excluding hydrogens is 468 g/mol. The van der Waals surface area contributed by atoms with Crippen LogP contribution < -0.4 is 5.32 Å². The highest BCUT2D eigenvalue weighted by atomic mass is 35.5. The Morgan fingerprint density at radius 3 is 2.86 bits per heavy atom. The van der Waals surface area contributed by atoms with Gasteiger partial charge in [0.1, 0.15) is 6.54 Å². The second-order valence-corrected chi connectivity index (χ2v) is 9.90. The molecule has 3 aliphatic heterocycles. The van der Waals surface area contributed by atoms with Gasteiger partial charge in [-0.25, -0.2) is 9.97 Å². The molecule has 0 radical (unpaired) electrons. The Labute approximate surface area is 210 Å². The van der Waals surface area contributed by atoms with Crippen molar-refractivity contribution >= 4 is 29.4 Å². The number of hydrogen-bond acceptors (Lipinski definition) is 7. The summed E-state index contributed by atoms with van der Waals surface area (Å²) in [5.74, 6) is 0.385. The van der Waals surface area contributed by atoms with Crippen LogP contribution in [0.15, 0.2) is 24.4 Å². The van der Waals surface area contributed by atoms with Crippen LogP contribution in [0, 0.1) is 0 Å². The average molecular weight is 499 g/mol. The van der Waals surface area contributed by atoms with Crippen LogP contribution >= 0.6 is 11.6 Å². The van der Waals surface area contributed by atoms with Gasteiger partial charge in [0.25, 0.3) is 5.91 Å². The van der Waals surface area contributed by atoms with Crippen LogP contribution in [0.5, 0.6) is 0 Å². The lowest BCUT2D eigenvalue weighted by molar-refractivity contribution is -0.131. The predicted molar refractivity (Wildman–Crippen MR) is 133 cm³/mol. The first kappa shape index (κ1) is 24.0. The van der Waals surface area contributed by atoms with Gasteiger partial charge in [-0.15, -0.1) is 0 Å². The molecule has 0 aliphatic carbocycles. The molecule has 0 bridgehead atoms. The number of nitrogens with zero attached hydrogens (tertiary/aromatic N) is 5. The molecule has 5 rings (SSSR count). The molecule has 2 amide bonds. The lowest BCUT2D eigenvalue weighted by Gasteiger charge is -2.24. The summed E-state index contributed by atoms with van der Waals surface area (Å²) in [5, 5.41) is 3.79. The quantitative estimate of drug-likeness (QED) is 0.677. The molecule has 1 N–H and O–H groups in total. The molecule has 0 atom stereocenters. The number of aromatic nitrogens is 2. The fraction of sp³-hybridized carbons (Fsp3) is 0.520. The Morgan fingerprint density at radius 2 is 2.03 bits per heavy atom. The smallest absolute Gasteiger partial charge is 0.254 e. The lowest BCUT2D eigenvalue weighted by atomic mass is 10.0. The summed E-state index contributed by atoms with van der Waals surface area (Å²) >= 11 is 6.45. The number of carbonyl (C=O) groups excluding carboxylic acids is 2. The Hall–Kier alpha value is -2.75. The van der Waals surface area contributed by atoms with Crippen molar-refractivity contribution in [3.05, 3.63) is 40.5 Å². The lowest BCUT2D eigenvalue weighted by Crippen LogP contribution is -2.42. The topological polar surface area (TPSA) is 90.9 Å². The van der Waals surface area contributed by atoms with E-state index in [1.165, 1.54) is 0 Å². The number of likely N-dealkylation sites (N-methyl/N-ethyl adjacent to an activating group) is 1. The first-order valence-corrected chi connectivity index (χ1v) is 12.6.